The van der Waals surface area contributed by atoms with E-state index in [0.717, 1.165) is 0 Å². The van der Waals surface area contributed by atoms with Crippen LogP contribution in [-0.2, 0) is 6.42 Å². The lowest BCUT2D eigenvalue weighted by molar-refractivity contribution is 0.299. The molecule has 4 nitrogen and oxygen atoms in total. The minimum atomic E-state index is -0.0199. The van der Waals surface area contributed by atoms with Gasteiger partial charge in [0, 0.05) is 24.7 Å². The van der Waals surface area contributed by atoms with Crippen molar-refractivity contribution in [3.63, 3.8) is 0 Å². The summed E-state index contributed by atoms with van der Waals surface area (Å²) in [6.45, 7) is -0.0199. The van der Waals surface area contributed by atoms with Crippen LogP contribution in [0.15, 0.2) is 12.3 Å². The van der Waals surface area contributed by atoms with Crippen LogP contribution in [0.4, 0.5) is 0 Å². The molecule has 74 valence electrons. The van der Waals surface area contributed by atoms with Crippen LogP contribution in [0.5, 0.6) is 0 Å². The lowest BCUT2D eigenvalue weighted by atomic mass is 10.2. The second-order valence-electron chi connectivity index (χ2n) is 2.75. The number of fused-ring (bicyclic) bond motifs is 1. The molecule has 2 aromatic heterocycles. The first-order valence-electron chi connectivity index (χ1n) is 4.02. The molecule has 0 unspecified atom stereocenters. The number of halogens is 2. The second kappa shape index (κ2) is 3.73. The van der Waals surface area contributed by atoms with Gasteiger partial charge in [-0.15, -0.1) is 0 Å². The Morgan fingerprint density at radius 2 is 2.21 bits per heavy atom. The van der Waals surface area contributed by atoms with Gasteiger partial charge in [-0.3, -0.25) is 0 Å². The minimum Gasteiger partial charge on any atom is -0.396 e. The third-order valence-corrected chi connectivity index (χ3v) is 2.58. The van der Waals surface area contributed by atoms with E-state index in [-0.39, 0.29) is 6.61 Å². The largest absolute Gasteiger partial charge is 0.396 e. The van der Waals surface area contributed by atoms with Gasteiger partial charge < -0.3 is 5.11 Å². The molecule has 0 saturated heterocycles. The SMILES string of the molecule is OCCc1c(Cl)nc2ccnn2c1Cl. The van der Waals surface area contributed by atoms with E-state index in [1.54, 1.807) is 12.3 Å². The van der Waals surface area contributed by atoms with Gasteiger partial charge in [0.2, 0.25) is 0 Å². The van der Waals surface area contributed by atoms with Gasteiger partial charge in [-0.1, -0.05) is 23.2 Å². The maximum Gasteiger partial charge on any atom is 0.158 e. The quantitative estimate of drug-likeness (QED) is 0.799. The molecular formula is C8H7Cl2N3O. The van der Waals surface area contributed by atoms with E-state index >= 15 is 0 Å². The molecule has 2 rings (SSSR count). The molecule has 2 aromatic rings. The lowest BCUT2D eigenvalue weighted by Gasteiger charge is -2.05. The molecule has 0 aliphatic rings. The average Bonchev–Trinajstić information content (AvgIpc) is 2.60. The fraction of sp³-hybridized carbons (Fsp3) is 0.250. The zero-order valence-electron chi connectivity index (χ0n) is 7.11. The Morgan fingerprint density at radius 1 is 1.43 bits per heavy atom. The molecule has 0 bridgehead atoms. The van der Waals surface area contributed by atoms with Crippen molar-refractivity contribution in [3.05, 3.63) is 28.1 Å². The number of aromatic nitrogens is 3. The maximum absolute atomic E-state index is 8.82. The van der Waals surface area contributed by atoms with Crippen LogP contribution in [0.25, 0.3) is 5.65 Å². The van der Waals surface area contributed by atoms with E-state index in [1.165, 1.54) is 4.52 Å². The molecule has 1 N–H and O–H groups in total. The summed E-state index contributed by atoms with van der Waals surface area (Å²) in [5.41, 5.74) is 1.22. The summed E-state index contributed by atoms with van der Waals surface area (Å²) in [6.07, 6.45) is 1.97. The molecular weight excluding hydrogens is 225 g/mol. The third-order valence-electron chi connectivity index (χ3n) is 1.88. The van der Waals surface area contributed by atoms with E-state index in [1.807, 2.05) is 0 Å². The Balaban J connectivity index is 2.69. The molecule has 0 aromatic carbocycles. The first-order valence-corrected chi connectivity index (χ1v) is 4.78. The van der Waals surface area contributed by atoms with E-state index < -0.39 is 0 Å². The van der Waals surface area contributed by atoms with Crippen LogP contribution in [0, 0.1) is 0 Å². The van der Waals surface area contributed by atoms with Crippen molar-refractivity contribution in [3.8, 4) is 0 Å². The number of hydrogen-bond donors (Lipinski definition) is 1. The number of aliphatic hydroxyl groups is 1. The second-order valence-corrected chi connectivity index (χ2v) is 3.46. The minimum absolute atomic E-state index is 0.0199. The summed E-state index contributed by atoms with van der Waals surface area (Å²) in [5.74, 6) is 0. The normalized spacial score (nSPS) is 11.1. The van der Waals surface area contributed by atoms with Crippen molar-refractivity contribution in [1.82, 2.24) is 14.6 Å². The molecule has 0 spiro atoms. The highest BCUT2D eigenvalue weighted by atomic mass is 35.5. The Labute approximate surface area is 90.1 Å². The van der Waals surface area contributed by atoms with Gasteiger partial charge in [-0.25, -0.2) is 9.50 Å². The van der Waals surface area contributed by atoms with E-state index in [2.05, 4.69) is 10.1 Å². The molecule has 0 saturated carbocycles. The summed E-state index contributed by atoms with van der Waals surface area (Å²) in [7, 11) is 0. The van der Waals surface area contributed by atoms with Crippen LogP contribution < -0.4 is 0 Å². The molecule has 0 fully saturated rings. The molecule has 0 amide bonds. The number of nitrogens with zero attached hydrogens (tertiary/aromatic N) is 3. The van der Waals surface area contributed by atoms with Gasteiger partial charge >= 0.3 is 0 Å². The van der Waals surface area contributed by atoms with Gasteiger partial charge in [0.15, 0.2) is 5.65 Å². The molecule has 0 aliphatic heterocycles. The smallest absolute Gasteiger partial charge is 0.158 e. The Kier molecular flexibility index (Phi) is 2.58. The highest BCUT2D eigenvalue weighted by Crippen LogP contribution is 2.23. The molecule has 0 aliphatic carbocycles. The van der Waals surface area contributed by atoms with Crippen molar-refractivity contribution in [2.24, 2.45) is 0 Å². The van der Waals surface area contributed by atoms with Crippen LogP contribution in [0.3, 0.4) is 0 Å². The molecule has 6 heteroatoms. The third kappa shape index (κ3) is 1.45. The van der Waals surface area contributed by atoms with Gasteiger partial charge in [0.05, 0.1) is 6.20 Å². The van der Waals surface area contributed by atoms with Crippen LogP contribution >= 0.6 is 23.2 Å². The van der Waals surface area contributed by atoms with Crippen molar-refractivity contribution in [1.29, 1.82) is 0 Å². The van der Waals surface area contributed by atoms with Crippen molar-refractivity contribution in [2.45, 2.75) is 6.42 Å². The Hall–Kier alpha value is -0.840. The molecule has 0 radical (unpaired) electrons. The summed E-state index contributed by atoms with van der Waals surface area (Å²) in [5, 5.41) is 13.5. The first-order chi connectivity index (χ1) is 6.74. The topological polar surface area (TPSA) is 50.4 Å². The van der Waals surface area contributed by atoms with Crippen molar-refractivity contribution >= 4 is 28.8 Å². The first kappa shape index (κ1) is 9.71. The van der Waals surface area contributed by atoms with Gasteiger partial charge in [-0.05, 0) is 0 Å². The Morgan fingerprint density at radius 3 is 2.93 bits per heavy atom. The van der Waals surface area contributed by atoms with E-state index in [4.69, 9.17) is 28.3 Å². The highest BCUT2D eigenvalue weighted by Gasteiger charge is 2.11. The van der Waals surface area contributed by atoms with E-state index in [0.29, 0.717) is 27.9 Å². The molecule has 0 atom stereocenters. The van der Waals surface area contributed by atoms with Crippen LogP contribution in [0.2, 0.25) is 10.3 Å². The molecule has 2 heterocycles. The van der Waals surface area contributed by atoms with Gasteiger partial charge in [-0.2, -0.15) is 5.10 Å². The zero-order valence-corrected chi connectivity index (χ0v) is 8.63. The number of hydrogen-bond acceptors (Lipinski definition) is 3. The van der Waals surface area contributed by atoms with Crippen LogP contribution in [-0.4, -0.2) is 26.3 Å². The maximum atomic E-state index is 8.82. The zero-order chi connectivity index (χ0) is 10.1. The fourth-order valence-corrected chi connectivity index (χ4v) is 1.86. The van der Waals surface area contributed by atoms with Crippen LogP contribution in [0.1, 0.15) is 5.56 Å². The molecule has 14 heavy (non-hydrogen) atoms. The van der Waals surface area contributed by atoms with Gasteiger partial charge in [0.25, 0.3) is 0 Å². The van der Waals surface area contributed by atoms with Crippen molar-refractivity contribution in [2.75, 3.05) is 6.61 Å². The van der Waals surface area contributed by atoms with Gasteiger partial charge in [0.1, 0.15) is 10.3 Å². The average molecular weight is 232 g/mol. The summed E-state index contributed by atoms with van der Waals surface area (Å²) in [6, 6.07) is 1.71. The summed E-state index contributed by atoms with van der Waals surface area (Å²) < 4.78 is 1.48. The van der Waals surface area contributed by atoms with Crippen molar-refractivity contribution < 1.29 is 5.11 Å². The standard InChI is InChI=1S/C8H7Cl2N3O/c9-7-5(2-4-14)8(10)13-6(12-7)1-3-11-13/h1,3,14H,2,4H2. The number of aliphatic hydroxyl groups excluding tert-OH is 1. The number of rotatable bonds is 2. The summed E-state index contributed by atoms with van der Waals surface area (Å²) in [4.78, 5) is 4.09. The monoisotopic (exact) mass is 231 g/mol. The highest BCUT2D eigenvalue weighted by molar-refractivity contribution is 6.34. The fourth-order valence-electron chi connectivity index (χ4n) is 1.23. The van der Waals surface area contributed by atoms with E-state index in [9.17, 15) is 0 Å². The predicted molar refractivity (Wildman–Crippen MR) is 53.8 cm³/mol. The lowest BCUT2D eigenvalue weighted by Crippen LogP contribution is -2.01. The predicted octanol–water partition coefficient (Wildman–Crippen LogP) is 1.57. The Bertz CT molecular complexity index is 469. The summed E-state index contributed by atoms with van der Waals surface area (Å²) >= 11 is 11.9.